The molecule has 0 saturated carbocycles. The van der Waals surface area contributed by atoms with Crippen molar-refractivity contribution < 1.29 is 27.3 Å². The number of anilines is 1. The highest BCUT2D eigenvalue weighted by molar-refractivity contribution is 5.96. The van der Waals surface area contributed by atoms with Crippen molar-refractivity contribution in [2.45, 2.75) is 18.6 Å². The average molecular weight is 413 g/mol. The maximum atomic E-state index is 13.5. The minimum Gasteiger partial charge on any atom is -0.362 e. The highest BCUT2D eigenvalue weighted by Gasteiger charge is 2.39. The molecule has 29 heavy (non-hydrogen) atoms. The molecule has 2 aromatic rings. The van der Waals surface area contributed by atoms with Crippen LogP contribution in [-0.4, -0.2) is 15.8 Å². The number of nitrogen functional groups attached to an aromatic ring is 1. The topological polar surface area (TPSA) is 123 Å². The Morgan fingerprint density at radius 1 is 1.34 bits per heavy atom. The molecule has 1 unspecified atom stereocenters. The Morgan fingerprint density at radius 2 is 1.97 bits per heavy atom. The predicted molar refractivity (Wildman–Crippen MR) is 95.1 cm³/mol. The number of rotatable bonds is 7. The number of alkyl halides is 3. The number of pyridine rings is 1. The molecule has 4 N–H and O–H groups in total. The van der Waals surface area contributed by atoms with E-state index in [0.29, 0.717) is 5.56 Å². The molecule has 0 radical (unpaired) electrons. The lowest BCUT2D eigenvalue weighted by atomic mass is 10.0. The second-order valence-corrected chi connectivity index (χ2v) is 5.75. The zero-order valence-corrected chi connectivity index (χ0v) is 14.7. The van der Waals surface area contributed by atoms with Crippen LogP contribution in [0.15, 0.2) is 43.0 Å². The Labute approximate surface area is 161 Å². The molecule has 1 aromatic carbocycles. The number of carbonyl (C=O) groups is 1. The number of nitrogens with two attached hydrogens (primary N) is 1. The van der Waals surface area contributed by atoms with Crippen LogP contribution in [0.1, 0.15) is 34.1 Å². The third kappa shape index (κ3) is 5.04. The third-order valence-electron chi connectivity index (χ3n) is 3.84. The number of amides is 1. The Bertz CT molecular complexity index is 932. The first kappa shape index (κ1) is 21.8. The van der Waals surface area contributed by atoms with Crippen LogP contribution in [0.5, 0.6) is 0 Å². The highest BCUT2D eigenvalue weighted by Crippen LogP contribution is 2.38. The van der Waals surface area contributed by atoms with Crippen molar-refractivity contribution in [1.29, 1.82) is 0 Å². The number of carbonyl (C=O) groups excluding carboxylic acids is 1. The van der Waals surface area contributed by atoms with E-state index in [4.69, 9.17) is 5.84 Å². The average Bonchev–Trinajstić information content (AvgIpc) is 2.66. The zero-order valence-electron chi connectivity index (χ0n) is 14.7. The van der Waals surface area contributed by atoms with E-state index in [1.165, 1.54) is 18.2 Å². The predicted octanol–water partition coefficient (Wildman–Crippen LogP) is 3.48. The van der Waals surface area contributed by atoms with E-state index >= 15 is 0 Å². The molecule has 1 heterocycles. The van der Waals surface area contributed by atoms with Crippen LogP contribution in [-0.2, 0) is 6.18 Å². The van der Waals surface area contributed by atoms with Gasteiger partial charge in [0.05, 0.1) is 11.0 Å². The van der Waals surface area contributed by atoms with Gasteiger partial charge in [0.15, 0.2) is 0 Å². The molecule has 0 spiro atoms. The molecule has 2 rings (SSSR count). The van der Waals surface area contributed by atoms with Crippen molar-refractivity contribution in [1.82, 2.24) is 10.4 Å². The second kappa shape index (κ2) is 8.65. The number of nitro groups is 1. The first-order chi connectivity index (χ1) is 13.6. The van der Waals surface area contributed by atoms with Gasteiger partial charge < -0.3 is 5.32 Å². The van der Waals surface area contributed by atoms with E-state index in [2.05, 4.69) is 16.9 Å². The first-order valence-electron chi connectivity index (χ1n) is 7.99. The molecular weight excluding hydrogens is 398 g/mol. The Kier molecular flexibility index (Phi) is 6.49. The fourth-order valence-corrected chi connectivity index (χ4v) is 2.51. The number of nitrogens with zero attached hydrogens (tertiary/aromatic N) is 2. The number of benzene rings is 1. The minimum atomic E-state index is -5.01. The van der Waals surface area contributed by atoms with Gasteiger partial charge in [0, 0.05) is 6.07 Å². The summed E-state index contributed by atoms with van der Waals surface area (Å²) in [4.78, 5) is 25.3. The van der Waals surface area contributed by atoms with Crippen molar-refractivity contribution >= 4 is 17.4 Å². The number of halogens is 4. The summed E-state index contributed by atoms with van der Waals surface area (Å²) in [6, 6.07) is 4.31. The smallest absolute Gasteiger partial charge is 0.362 e. The minimum absolute atomic E-state index is 0.111. The summed E-state index contributed by atoms with van der Waals surface area (Å²) in [5.74, 6) is 2.34. The highest BCUT2D eigenvalue weighted by atomic mass is 19.4. The lowest BCUT2D eigenvalue weighted by Crippen LogP contribution is -2.32. The lowest BCUT2D eigenvalue weighted by molar-refractivity contribution is -0.385. The first-order valence-corrected chi connectivity index (χ1v) is 7.99. The Morgan fingerprint density at radius 3 is 2.45 bits per heavy atom. The third-order valence-corrected chi connectivity index (χ3v) is 3.84. The quantitative estimate of drug-likeness (QED) is 0.159. The molecule has 0 aliphatic rings. The van der Waals surface area contributed by atoms with Gasteiger partial charge in [0.1, 0.15) is 17.2 Å². The van der Waals surface area contributed by atoms with Crippen LogP contribution >= 0.6 is 0 Å². The van der Waals surface area contributed by atoms with Crippen LogP contribution < -0.4 is 16.6 Å². The fourth-order valence-electron chi connectivity index (χ4n) is 2.51. The Balaban J connectivity index is 2.63. The van der Waals surface area contributed by atoms with Gasteiger partial charge >= 0.3 is 11.9 Å². The molecule has 0 aliphatic heterocycles. The van der Waals surface area contributed by atoms with Crippen molar-refractivity contribution in [3.05, 3.63) is 75.7 Å². The number of hydrogen-bond acceptors (Lipinski definition) is 6. The van der Waals surface area contributed by atoms with Crippen LogP contribution in [0.25, 0.3) is 0 Å². The SMILES string of the molecule is C=CCC(Nc1nc(C(=O)NN)c([N+](=O)[O-])cc1C(F)(F)F)c1ccc(F)cc1. The number of nitrogens with one attached hydrogen (secondary N) is 2. The lowest BCUT2D eigenvalue weighted by Gasteiger charge is -2.21. The number of aromatic nitrogens is 1. The van der Waals surface area contributed by atoms with Crippen molar-refractivity contribution in [3.63, 3.8) is 0 Å². The maximum absolute atomic E-state index is 13.5. The largest absolute Gasteiger partial charge is 0.420 e. The fraction of sp³-hybridized carbons (Fsp3) is 0.176. The van der Waals surface area contributed by atoms with E-state index in [0.717, 1.165) is 12.1 Å². The van der Waals surface area contributed by atoms with Gasteiger partial charge in [-0.15, -0.1) is 6.58 Å². The summed E-state index contributed by atoms with van der Waals surface area (Å²) in [6.45, 7) is 3.53. The summed E-state index contributed by atoms with van der Waals surface area (Å²) in [5.41, 5.74) is -1.50. The van der Waals surface area contributed by atoms with Crippen LogP contribution in [0.4, 0.5) is 29.1 Å². The maximum Gasteiger partial charge on any atom is 0.420 e. The van der Waals surface area contributed by atoms with E-state index in [1.807, 2.05) is 0 Å². The molecule has 1 aromatic heterocycles. The van der Waals surface area contributed by atoms with Gasteiger partial charge in [-0.3, -0.25) is 20.3 Å². The molecule has 8 nitrogen and oxygen atoms in total. The monoisotopic (exact) mass is 413 g/mol. The molecule has 0 bridgehead atoms. The van der Waals surface area contributed by atoms with Gasteiger partial charge in [-0.05, 0) is 24.1 Å². The second-order valence-electron chi connectivity index (χ2n) is 5.75. The van der Waals surface area contributed by atoms with Gasteiger partial charge in [-0.2, -0.15) is 13.2 Å². The summed E-state index contributed by atoms with van der Waals surface area (Å²) >= 11 is 0. The molecule has 0 fully saturated rings. The summed E-state index contributed by atoms with van der Waals surface area (Å²) in [5, 5.41) is 13.6. The van der Waals surface area contributed by atoms with Gasteiger partial charge in [0.25, 0.3) is 5.91 Å². The van der Waals surface area contributed by atoms with E-state index in [-0.39, 0.29) is 12.5 Å². The van der Waals surface area contributed by atoms with Crippen LogP contribution in [0, 0.1) is 15.9 Å². The Hall–Kier alpha value is -3.54. The normalized spacial score (nSPS) is 12.2. The van der Waals surface area contributed by atoms with Crippen molar-refractivity contribution in [2.24, 2.45) is 5.84 Å². The molecule has 1 atom stereocenters. The van der Waals surface area contributed by atoms with E-state index < -0.39 is 51.6 Å². The number of hydrogen-bond donors (Lipinski definition) is 3. The summed E-state index contributed by atoms with van der Waals surface area (Å²) < 4.78 is 53.7. The van der Waals surface area contributed by atoms with Gasteiger partial charge in [-0.1, -0.05) is 18.2 Å². The summed E-state index contributed by atoms with van der Waals surface area (Å²) in [6.07, 6.45) is -3.49. The standard InChI is InChI=1S/C17H15F4N5O3/c1-2-3-12(9-4-6-10(18)7-5-9)23-15-11(17(19,20)21)8-13(26(28)29)14(24-15)16(27)25-22/h2,4-8,12H,1,3,22H2,(H,23,24)(H,25,27). The van der Waals surface area contributed by atoms with Gasteiger partial charge in [0.2, 0.25) is 5.69 Å². The van der Waals surface area contributed by atoms with E-state index in [9.17, 15) is 32.5 Å². The summed E-state index contributed by atoms with van der Waals surface area (Å²) in [7, 11) is 0. The van der Waals surface area contributed by atoms with Crippen LogP contribution in [0.2, 0.25) is 0 Å². The van der Waals surface area contributed by atoms with Crippen LogP contribution in [0.3, 0.4) is 0 Å². The molecule has 1 amide bonds. The zero-order chi connectivity index (χ0) is 21.8. The molecular formula is C17H15F4N5O3. The number of hydrazine groups is 1. The molecule has 154 valence electrons. The van der Waals surface area contributed by atoms with Gasteiger partial charge in [-0.25, -0.2) is 15.2 Å². The van der Waals surface area contributed by atoms with Crippen molar-refractivity contribution in [2.75, 3.05) is 5.32 Å². The molecule has 0 aliphatic carbocycles. The molecule has 12 heteroatoms. The molecule has 0 saturated heterocycles. The van der Waals surface area contributed by atoms with Crippen molar-refractivity contribution in [3.8, 4) is 0 Å². The van der Waals surface area contributed by atoms with E-state index in [1.54, 1.807) is 5.43 Å².